The van der Waals surface area contributed by atoms with E-state index in [9.17, 15) is 0 Å². The summed E-state index contributed by atoms with van der Waals surface area (Å²) in [6.45, 7) is 27.8. The van der Waals surface area contributed by atoms with Crippen molar-refractivity contribution in [3.05, 3.63) is 235 Å². The molecule has 79 heavy (non-hydrogen) atoms. The molecule has 12 rings (SSSR count). The Morgan fingerprint density at radius 3 is 0.937 bits per heavy atom. The molecule has 0 fully saturated rings. The highest BCUT2D eigenvalue weighted by Crippen LogP contribution is 2.50. The molecule has 5 nitrogen and oxygen atoms in total. The largest absolute Gasteiger partial charge is 0.307 e. The van der Waals surface area contributed by atoms with Crippen molar-refractivity contribution in [2.75, 3.05) is 4.90 Å². The van der Waals surface area contributed by atoms with Crippen molar-refractivity contribution in [2.24, 2.45) is 0 Å². The molecule has 0 N–H and O–H groups in total. The molecule has 0 aliphatic heterocycles. The third kappa shape index (κ3) is 9.39. The Bertz CT molecular complexity index is 3840. The first-order chi connectivity index (χ1) is 37.7. The maximum absolute atomic E-state index is 5.60. The quantitative estimate of drug-likeness (QED) is 0.152. The van der Waals surface area contributed by atoms with Gasteiger partial charge in [0.1, 0.15) is 0 Å². The fraction of sp³-hybridized carbons (Fsp3) is 0.216. The number of hydrogen-bond donors (Lipinski definition) is 0. The van der Waals surface area contributed by atoms with Crippen LogP contribution >= 0.6 is 0 Å². The Kier molecular flexibility index (Phi) is 12.4. The first kappa shape index (κ1) is 51.2. The molecule has 12 aromatic rings. The van der Waals surface area contributed by atoms with Crippen molar-refractivity contribution in [3.8, 4) is 45.3 Å². The lowest BCUT2D eigenvalue weighted by Crippen LogP contribution is -2.17. The minimum absolute atomic E-state index is 0.0733. The molecule has 0 radical (unpaired) electrons. The van der Waals surface area contributed by atoms with Gasteiger partial charge in [0.05, 0.1) is 50.5 Å². The molecule has 0 atom stereocenters. The lowest BCUT2D eigenvalue weighted by Gasteiger charge is -2.32. The second-order valence-electron chi connectivity index (χ2n) is 25.7. The molecule has 392 valence electrons. The van der Waals surface area contributed by atoms with E-state index in [1.54, 1.807) is 0 Å². The Morgan fingerprint density at radius 2 is 0.608 bits per heavy atom. The number of rotatable bonds is 8. The van der Waals surface area contributed by atoms with E-state index in [2.05, 4.69) is 309 Å². The van der Waals surface area contributed by atoms with Crippen molar-refractivity contribution in [1.29, 1.82) is 0 Å². The van der Waals surface area contributed by atoms with E-state index >= 15 is 0 Å². The molecule has 5 heteroatoms. The van der Waals surface area contributed by atoms with Crippen LogP contribution in [0.4, 0.5) is 17.1 Å². The van der Waals surface area contributed by atoms with Crippen LogP contribution in [0.3, 0.4) is 0 Å². The Morgan fingerprint density at radius 1 is 0.304 bits per heavy atom. The molecule has 0 aliphatic carbocycles. The van der Waals surface area contributed by atoms with Crippen LogP contribution in [0.2, 0.25) is 0 Å². The van der Waals surface area contributed by atoms with Crippen LogP contribution < -0.4 is 4.90 Å². The Hall–Kier alpha value is -8.54. The number of benzene rings is 9. The molecule has 0 spiro atoms. The van der Waals surface area contributed by atoms with Gasteiger partial charge in [-0.05, 0) is 135 Å². The van der Waals surface area contributed by atoms with Crippen LogP contribution in [-0.4, -0.2) is 19.1 Å². The average molecular weight is 1030 g/mol. The molecule has 9 aromatic carbocycles. The van der Waals surface area contributed by atoms with E-state index in [1.165, 1.54) is 43.8 Å². The normalized spacial score (nSPS) is 12.6. The Labute approximate surface area is 466 Å². The number of anilines is 3. The summed E-state index contributed by atoms with van der Waals surface area (Å²) in [4.78, 5) is 13.4. The minimum atomic E-state index is -0.0733. The molecule has 0 amide bonds. The van der Waals surface area contributed by atoms with Gasteiger partial charge >= 0.3 is 0 Å². The van der Waals surface area contributed by atoms with E-state index in [-0.39, 0.29) is 21.7 Å². The molecule has 0 unspecified atom stereocenters. The molecular formula is C74H71N5. The summed E-state index contributed by atoms with van der Waals surface area (Å²) in [5.74, 6) is 0.668. The number of fused-ring (bicyclic) bond motifs is 6. The zero-order valence-corrected chi connectivity index (χ0v) is 47.9. The van der Waals surface area contributed by atoms with E-state index < -0.39 is 0 Å². The second-order valence-corrected chi connectivity index (χ2v) is 25.7. The van der Waals surface area contributed by atoms with Crippen LogP contribution in [0.15, 0.2) is 212 Å². The fourth-order valence-corrected chi connectivity index (χ4v) is 11.4. The van der Waals surface area contributed by atoms with Crippen molar-refractivity contribution < 1.29 is 0 Å². The SMILES string of the molecule is CC(C)(C)c1ccc2c(c1)c1cc(C(C)(C)C)ccc1n2-c1cc(-c2cc(-c3ccccc3)nc(-c3ccccc3)n2)cc(-n2c3ccc(C(C)(C)C)cc3c3cc(C(C)(C)C)ccc32)c1N(c1ccccc1)c1ccccc1. The van der Waals surface area contributed by atoms with Crippen LogP contribution in [0.5, 0.6) is 0 Å². The summed E-state index contributed by atoms with van der Waals surface area (Å²) in [5.41, 5.74) is 19.2. The molecule has 0 aliphatic rings. The van der Waals surface area contributed by atoms with Crippen LogP contribution in [-0.2, 0) is 21.7 Å². The summed E-state index contributed by atoms with van der Waals surface area (Å²) in [7, 11) is 0. The summed E-state index contributed by atoms with van der Waals surface area (Å²) >= 11 is 0. The molecule has 0 saturated carbocycles. The lowest BCUT2D eigenvalue weighted by atomic mass is 9.85. The van der Waals surface area contributed by atoms with Gasteiger partial charge in [-0.25, -0.2) is 9.97 Å². The zero-order valence-electron chi connectivity index (χ0n) is 47.9. The minimum Gasteiger partial charge on any atom is -0.307 e. The van der Waals surface area contributed by atoms with Crippen molar-refractivity contribution >= 4 is 60.7 Å². The monoisotopic (exact) mass is 1030 g/mol. The van der Waals surface area contributed by atoms with Gasteiger partial charge in [-0.2, -0.15) is 0 Å². The molecule has 0 bridgehead atoms. The highest BCUT2D eigenvalue weighted by Gasteiger charge is 2.31. The first-order valence-corrected chi connectivity index (χ1v) is 28.0. The first-order valence-electron chi connectivity index (χ1n) is 28.0. The third-order valence-corrected chi connectivity index (χ3v) is 15.9. The molecule has 0 saturated heterocycles. The Balaban J connectivity index is 1.33. The summed E-state index contributed by atoms with van der Waals surface area (Å²) in [6, 6.07) is 78.4. The predicted octanol–water partition coefficient (Wildman–Crippen LogP) is 20.3. The van der Waals surface area contributed by atoms with Gasteiger partial charge in [0.15, 0.2) is 5.82 Å². The topological polar surface area (TPSA) is 38.9 Å². The standard InChI is InChI=1S/C74H71N5/c1-71(2,3)51-33-37-63-57(43-51)58-44-52(72(4,5)6)34-38-64(58)78(63)67-41-50(62-47-61(48-25-17-13-18-26-48)75-70(76-62)49-27-19-14-20-28-49)42-68(69(67)77(55-29-21-15-22-30-55)56-31-23-16-24-32-56)79-65-39-35-53(73(7,8)9)45-59(65)60-46-54(74(10,11)12)36-40-66(60)79/h13-47H,1-12H3. The number of para-hydroxylation sites is 2. The maximum atomic E-state index is 5.60. The zero-order chi connectivity index (χ0) is 55.2. The van der Waals surface area contributed by atoms with E-state index in [0.717, 1.165) is 78.6 Å². The molecule has 3 aromatic heterocycles. The van der Waals surface area contributed by atoms with Gasteiger partial charge in [0.25, 0.3) is 0 Å². The predicted molar refractivity (Wildman–Crippen MR) is 337 cm³/mol. The van der Waals surface area contributed by atoms with Crippen LogP contribution in [0, 0.1) is 0 Å². The summed E-state index contributed by atoms with van der Waals surface area (Å²) in [6.07, 6.45) is 0. The van der Waals surface area contributed by atoms with Gasteiger partial charge in [-0.1, -0.05) is 204 Å². The fourth-order valence-electron chi connectivity index (χ4n) is 11.4. The summed E-state index contributed by atoms with van der Waals surface area (Å²) in [5, 5.41) is 4.88. The van der Waals surface area contributed by atoms with Gasteiger partial charge in [-0.15, -0.1) is 0 Å². The lowest BCUT2D eigenvalue weighted by molar-refractivity contribution is 0.590. The summed E-state index contributed by atoms with van der Waals surface area (Å²) < 4.78 is 5.09. The third-order valence-electron chi connectivity index (χ3n) is 15.9. The maximum Gasteiger partial charge on any atom is 0.160 e. The number of aromatic nitrogens is 4. The van der Waals surface area contributed by atoms with E-state index in [0.29, 0.717) is 5.82 Å². The number of hydrogen-bond acceptors (Lipinski definition) is 3. The van der Waals surface area contributed by atoms with Crippen molar-refractivity contribution in [1.82, 2.24) is 19.1 Å². The van der Waals surface area contributed by atoms with E-state index in [1.807, 2.05) is 0 Å². The number of nitrogens with zero attached hydrogens (tertiary/aromatic N) is 5. The van der Waals surface area contributed by atoms with Gasteiger partial charge in [-0.3, -0.25) is 0 Å². The second kappa shape index (κ2) is 19.1. The van der Waals surface area contributed by atoms with Crippen LogP contribution in [0.25, 0.3) is 88.9 Å². The smallest absolute Gasteiger partial charge is 0.160 e. The highest BCUT2D eigenvalue weighted by atomic mass is 15.2. The van der Waals surface area contributed by atoms with Crippen molar-refractivity contribution in [2.45, 2.75) is 105 Å². The molecular weight excluding hydrogens is 959 g/mol. The molecule has 3 heterocycles. The average Bonchev–Trinajstić information content (AvgIpc) is 3.33. The van der Waals surface area contributed by atoms with Gasteiger partial charge in [0.2, 0.25) is 0 Å². The highest BCUT2D eigenvalue weighted by molar-refractivity contribution is 6.13. The van der Waals surface area contributed by atoms with Gasteiger partial charge in [0, 0.05) is 49.6 Å². The van der Waals surface area contributed by atoms with Crippen molar-refractivity contribution in [3.63, 3.8) is 0 Å². The van der Waals surface area contributed by atoms with E-state index in [4.69, 9.17) is 9.97 Å². The van der Waals surface area contributed by atoms with Crippen LogP contribution in [0.1, 0.15) is 105 Å². The van der Waals surface area contributed by atoms with Gasteiger partial charge < -0.3 is 14.0 Å².